The van der Waals surface area contributed by atoms with Gasteiger partial charge in [0.15, 0.2) is 0 Å². The summed E-state index contributed by atoms with van der Waals surface area (Å²) in [4.78, 5) is 4.07. The molecule has 2 aromatic heterocycles. The van der Waals surface area contributed by atoms with E-state index >= 15 is 0 Å². The smallest absolute Gasteiger partial charge is 0.266 e. The van der Waals surface area contributed by atoms with Crippen LogP contribution in [0.3, 0.4) is 0 Å². The summed E-state index contributed by atoms with van der Waals surface area (Å²) >= 11 is 0. The van der Waals surface area contributed by atoms with E-state index in [4.69, 9.17) is 4.42 Å². The predicted molar refractivity (Wildman–Crippen MR) is 64.1 cm³/mol. The molecule has 1 N–H and O–H groups in total. The molecule has 7 nitrogen and oxygen atoms in total. The van der Waals surface area contributed by atoms with Crippen LogP contribution in [0.15, 0.2) is 28.8 Å². The number of aromatic nitrogens is 3. The molecular weight excluding hydrogens is 256 g/mol. The molecule has 0 saturated heterocycles. The number of rotatable bonds is 5. The molecule has 0 aliphatic heterocycles. The van der Waals surface area contributed by atoms with E-state index < -0.39 is 10.0 Å². The van der Waals surface area contributed by atoms with Gasteiger partial charge in [-0.15, -0.1) is 10.2 Å². The summed E-state index contributed by atoms with van der Waals surface area (Å²) in [6, 6.07) is 5.36. The second-order valence-electron chi connectivity index (χ2n) is 3.63. The molecule has 0 aliphatic rings. The minimum Gasteiger partial charge on any atom is -0.419 e. The van der Waals surface area contributed by atoms with Crippen molar-refractivity contribution in [1.29, 1.82) is 0 Å². The molecule has 0 aliphatic carbocycles. The van der Waals surface area contributed by atoms with Crippen LogP contribution in [0.5, 0.6) is 0 Å². The van der Waals surface area contributed by atoms with Crippen LogP contribution in [-0.2, 0) is 16.4 Å². The van der Waals surface area contributed by atoms with E-state index in [0.717, 1.165) is 6.26 Å². The summed E-state index contributed by atoms with van der Waals surface area (Å²) in [5.41, 5.74) is 0.590. The molecular formula is C10H12N4O3S. The van der Waals surface area contributed by atoms with E-state index in [-0.39, 0.29) is 6.54 Å². The van der Waals surface area contributed by atoms with Crippen molar-refractivity contribution in [3.05, 3.63) is 30.3 Å². The highest BCUT2D eigenvalue weighted by Crippen LogP contribution is 2.14. The molecule has 0 radical (unpaired) electrons. The minimum atomic E-state index is -3.19. The third kappa shape index (κ3) is 3.60. The first kappa shape index (κ1) is 12.7. The van der Waals surface area contributed by atoms with Gasteiger partial charge in [-0.05, 0) is 12.1 Å². The molecule has 18 heavy (non-hydrogen) atoms. The van der Waals surface area contributed by atoms with E-state index in [1.807, 2.05) is 6.07 Å². The Bertz CT molecular complexity index is 609. The van der Waals surface area contributed by atoms with E-state index in [1.54, 1.807) is 18.3 Å². The lowest BCUT2D eigenvalue weighted by atomic mass is 10.3. The van der Waals surface area contributed by atoms with E-state index in [2.05, 4.69) is 19.9 Å². The first-order valence-corrected chi connectivity index (χ1v) is 7.12. The second kappa shape index (κ2) is 5.23. The molecule has 96 valence electrons. The third-order valence-corrected chi connectivity index (χ3v) is 2.78. The fraction of sp³-hybridized carbons (Fsp3) is 0.300. The lowest BCUT2D eigenvalue weighted by Gasteiger charge is -1.97. The Labute approximate surface area is 104 Å². The molecule has 0 bridgehead atoms. The Hall–Kier alpha value is -1.80. The van der Waals surface area contributed by atoms with Gasteiger partial charge in [0.25, 0.3) is 5.89 Å². The van der Waals surface area contributed by atoms with Gasteiger partial charge in [0.05, 0.1) is 6.26 Å². The van der Waals surface area contributed by atoms with Gasteiger partial charge in [-0.25, -0.2) is 13.1 Å². The maximum Gasteiger partial charge on any atom is 0.266 e. The Morgan fingerprint density at radius 2 is 2.17 bits per heavy atom. The molecule has 2 rings (SSSR count). The van der Waals surface area contributed by atoms with Gasteiger partial charge in [-0.2, -0.15) is 0 Å². The second-order valence-corrected chi connectivity index (χ2v) is 5.47. The third-order valence-electron chi connectivity index (χ3n) is 2.05. The average Bonchev–Trinajstić information content (AvgIpc) is 2.77. The van der Waals surface area contributed by atoms with Crippen LogP contribution in [0.4, 0.5) is 0 Å². The van der Waals surface area contributed by atoms with Crippen molar-refractivity contribution in [2.45, 2.75) is 6.42 Å². The van der Waals surface area contributed by atoms with E-state index in [9.17, 15) is 8.42 Å². The maximum atomic E-state index is 10.9. The summed E-state index contributed by atoms with van der Waals surface area (Å²) in [6.45, 7) is 0.225. The largest absolute Gasteiger partial charge is 0.419 e. The minimum absolute atomic E-state index is 0.225. The normalized spacial score (nSPS) is 11.6. The maximum absolute atomic E-state index is 10.9. The first-order chi connectivity index (χ1) is 8.54. The van der Waals surface area contributed by atoms with Gasteiger partial charge >= 0.3 is 0 Å². The van der Waals surface area contributed by atoms with Gasteiger partial charge in [0.2, 0.25) is 15.9 Å². The number of hydrogen-bond donors (Lipinski definition) is 1. The Morgan fingerprint density at radius 1 is 1.33 bits per heavy atom. The molecule has 0 aromatic carbocycles. The number of hydrogen-bond acceptors (Lipinski definition) is 6. The van der Waals surface area contributed by atoms with Crippen LogP contribution in [0, 0.1) is 0 Å². The Balaban J connectivity index is 1.99. The Kier molecular flexibility index (Phi) is 3.68. The molecule has 2 heterocycles. The van der Waals surface area contributed by atoms with Crippen LogP contribution >= 0.6 is 0 Å². The Morgan fingerprint density at radius 3 is 2.83 bits per heavy atom. The van der Waals surface area contributed by atoms with Crippen molar-refractivity contribution < 1.29 is 12.8 Å². The molecule has 0 spiro atoms. The molecule has 0 fully saturated rings. The highest BCUT2D eigenvalue weighted by molar-refractivity contribution is 7.88. The van der Waals surface area contributed by atoms with E-state index in [1.165, 1.54) is 0 Å². The summed E-state index contributed by atoms with van der Waals surface area (Å²) < 4.78 is 29.4. The fourth-order valence-electron chi connectivity index (χ4n) is 1.29. The molecule has 0 amide bonds. The number of nitrogens with zero attached hydrogens (tertiary/aromatic N) is 3. The lowest BCUT2D eigenvalue weighted by Crippen LogP contribution is -2.24. The van der Waals surface area contributed by atoms with Crippen LogP contribution in [-0.4, -0.2) is 36.4 Å². The van der Waals surface area contributed by atoms with Gasteiger partial charge in [-0.1, -0.05) is 6.07 Å². The standard InChI is InChI=1S/C10H12N4O3S/c1-18(15,16)12-7-5-9-13-14-10(17-9)8-4-2-3-6-11-8/h2-4,6,12H,5,7H2,1H3. The van der Waals surface area contributed by atoms with Gasteiger partial charge in [-0.3, -0.25) is 4.98 Å². The van der Waals surface area contributed by atoms with Crippen LogP contribution in [0.1, 0.15) is 5.89 Å². The van der Waals surface area contributed by atoms with Crippen molar-refractivity contribution in [2.24, 2.45) is 0 Å². The van der Waals surface area contributed by atoms with Gasteiger partial charge in [0, 0.05) is 19.2 Å². The van der Waals surface area contributed by atoms with Crippen molar-refractivity contribution >= 4 is 10.0 Å². The summed E-state index contributed by atoms with van der Waals surface area (Å²) in [6.07, 6.45) is 3.07. The van der Waals surface area contributed by atoms with Crippen molar-refractivity contribution in [2.75, 3.05) is 12.8 Å². The monoisotopic (exact) mass is 268 g/mol. The fourth-order valence-corrected chi connectivity index (χ4v) is 1.76. The van der Waals surface area contributed by atoms with Crippen molar-refractivity contribution in [3.8, 4) is 11.6 Å². The lowest BCUT2D eigenvalue weighted by molar-refractivity contribution is 0.501. The zero-order valence-corrected chi connectivity index (χ0v) is 10.5. The van der Waals surface area contributed by atoms with E-state index in [0.29, 0.717) is 23.9 Å². The van der Waals surface area contributed by atoms with Crippen molar-refractivity contribution in [1.82, 2.24) is 19.9 Å². The number of sulfonamides is 1. The molecule has 0 saturated carbocycles. The predicted octanol–water partition coefficient (Wildman–Crippen LogP) is 0.223. The van der Waals surface area contributed by atoms with Crippen LogP contribution < -0.4 is 4.72 Å². The molecule has 2 aromatic rings. The summed E-state index contributed by atoms with van der Waals surface area (Å²) in [5.74, 6) is 0.691. The topological polar surface area (TPSA) is 98.0 Å². The van der Waals surface area contributed by atoms with Gasteiger partial charge in [0.1, 0.15) is 5.69 Å². The van der Waals surface area contributed by atoms with Crippen LogP contribution in [0.25, 0.3) is 11.6 Å². The highest BCUT2D eigenvalue weighted by Gasteiger charge is 2.09. The average molecular weight is 268 g/mol. The first-order valence-electron chi connectivity index (χ1n) is 5.23. The SMILES string of the molecule is CS(=O)(=O)NCCc1nnc(-c2ccccn2)o1. The summed E-state index contributed by atoms with van der Waals surface area (Å²) in [7, 11) is -3.19. The molecule has 8 heteroatoms. The zero-order chi connectivity index (χ0) is 13.0. The van der Waals surface area contributed by atoms with Gasteiger partial charge < -0.3 is 4.42 Å². The zero-order valence-electron chi connectivity index (χ0n) is 9.70. The number of pyridine rings is 1. The van der Waals surface area contributed by atoms with Crippen LogP contribution in [0.2, 0.25) is 0 Å². The summed E-state index contributed by atoms with van der Waals surface area (Å²) in [5, 5.41) is 7.67. The van der Waals surface area contributed by atoms with Crippen molar-refractivity contribution in [3.63, 3.8) is 0 Å². The molecule has 0 unspecified atom stereocenters. The highest BCUT2D eigenvalue weighted by atomic mass is 32.2. The molecule has 0 atom stereocenters. The number of nitrogens with one attached hydrogen (secondary N) is 1. The quantitative estimate of drug-likeness (QED) is 0.833.